The van der Waals surface area contributed by atoms with E-state index in [-0.39, 0.29) is 6.17 Å². The summed E-state index contributed by atoms with van der Waals surface area (Å²) in [6.45, 7) is 0.496. The molecule has 2 aliphatic rings. The first kappa shape index (κ1) is 13.4. The summed E-state index contributed by atoms with van der Waals surface area (Å²) in [6, 6.07) is 9.88. The molecule has 0 amide bonds. The van der Waals surface area contributed by atoms with E-state index in [9.17, 15) is 9.42 Å². The van der Waals surface area contributed by atoms with Crippen molar-refractivity contribution in [1.82, 2.24) is 19.0 Å². The summed E-state index contributed by atoms with van der Waals surface area (Å²) < 4.78 is 15.2. The van der Waals surface area contributed by atoms with E-state index in [1.807, 2.05) is 30.3 Å². The molecule has 0 aliphatic carbocycles. The van der Waals surface area contributed by atoms with Crippen LogP contribution in [0, 0.1) is 5.21 Å². The van der Waals surface area contributed by atoms with Crippen molar-refractivity contribution in [1.29, 1.82) is 0 Å². The first-order valence-corrected chi connectivity index (χ1v) is 7.51. The third kappa shape index (κ3) is 2.17. The number of hydrogen-bond acceptors (Lipinski definition) is 4. The quantitative estimate of drug-likeness (QED) is 0.866. The van der Waals surface area contributed by atoms with Crippen LogP contribution in [-0.2, 0) is 17.6 Å². The summed E-state index contributed by atoms with van der Waals surface area (Å²) >= 11 is -1.30. The highest BCUT2D eigenvalue weighted by molar-refractivity contribution is 7.80. The van der Waals surface area contributed by atoms with Gasteiger partial charge in [-0.25, -0.2) is 8.51 Å². The second-order valence-corrected chi connectivity index (χ2v) is 6.62. The Morgan fingerprint density at radius 2 is 2.05 bits per heavy atom. The molecule has 2 aliphatic heterocycles. The van der Waals surface area contributed by atoms with Crippen molar-refractivity contribution >= 4 is 11.2 Å². The van der Waals surface area contributed by atoms with Gasteiger partial charge in [0.25, 0.3) is 0 Å². The first-order valence-electron chi connectivity index (χ1n) is 6.45. The van der Waals surface area contributed by atoms with Gasteiger partial charge >= 0.3 is 0 Å². The Morgan fingerprint density at radius 3 is 2.75 bits per heavy atom. The van der Waals surface area contributed by atoms with Gasteiger partial charge in [0.2, 0.25) is 0 Å². The van der Waals surface area contributed by atoms with Gasteiger partial charge in [0.1, 0.15) is 5.82 Å². The molecule has 2 atom stereocenters. The van der Waals surface area contributed by atoms with Crippen molar-refractivity contribution in [2.24, 2.45) is 0 Å². The van der Waals surface area contributed by atoms with Gasteiger partial charge in [0, 0.05) is 20.5 Å². The number of nitrogens with zero attached hydrogens (tertiary/aromatic N) is 3. The zero-order chi connectivity index (χ0) is 14.3. The predicted molar refractivity (Wildman–Crippen MR) is 77.8 cm³/mol. The molecule has 0 aromatic heterocycles. The molecule has 108 valence electrons. The maximum absolute atomic E-state index is 12.4. The molecule has 2 heterocycles. The highest BCUT2D eigenvalue weighted by Gasteiger charge is 2.35. The summed E-state index contributed by atoms with van der Waals surface area (Å²) in [5, 5.41) is 16.6. The van der Waals surface area contributed by atoms with Gasteiger partial charge in [-0.3, -0.25) is 4.31 Å². The van der Waals surface area contributed by atoms with E-state index >= 15 is 0 Å². The normalized spacial score (nSPS) is 26.8. The second-order valence-electron chi connectivity index (χ2n) is 4.99. The van der Waals surface area contributed by atoms with E-state index in [0.29, 0.717) is 18.8 Å². The lowest BCUT2D eigenvalue weighted by Crippen LogP contribution is -2.42. The van der Waals surface area contributed by atoms with Crippen LogP contribution in [0.5, 0.6) is 0 Å². The molecule has 20 heavy (non-hydrogen) atoms. The summed E-state index contributed by atoms with van der Waals surface area (Å²) in [7, 11) is 3.45. The van der Waals surface area contributed by atoms with Crippen molar-refractivity contribution in [3.8, 4) is 0 Å². The van der Waals surface area contributed by atoms with Crippen molar-refractivity contribution in [2.75, 3.05) is 20.6 Å². The number of hydroxylamine groups is 2. The molecule has 7 heteroatoms. The molecular formula is C13H17N4O2S-. The maximum atomic E-state index is 12.4. The van der Waals surface area contributed by atoms with E-state index in [2.05, 4.69) is 5.32 Å². The Bertz CT molecular complexity index is 563. The highest BCUT2D eigenvalue weighted by Crippen LogP contribution is 2.29. The molecule has 0 spiro atoms. The smallest absolute Gasteiger partial charge is 0.200 e. The van der Waals surface area contributed by atoms with Crippen LogP contribution in [0.2, 0.25) is 0 Å². The largest absolute Gasteiger partial charge is 0.756 e. The Hall–Kier alpha value is -1.57. The van der Waals surface area contributed by atoms with Gasteiger partial charge in [-0.1, -0.05) is 30.3 Å². The minimum Gasteiger partial charge on any atom is -0.756 e. The van der Waals surface area contributed by atoms with Crippen molar-refractivity contribution in [3.05, 3.63) is 52.6 Å². The summed E-state index contributed by atoms with van der Waals surface area (Å²) in [5.74, 6) is 0.488. The first-order chi connectivity index (χ1) is 9.58. The zero-order valence-corrected chi connectivity index (χ0v) is 12.3. The molecule has 0 bridgehead atoms. The SMILES string of the molecule is CN1CC2=C(N([O-])C(Cc3ccccc3)N2)N(C)S1=O. The molecule has 2 unspecified atom stereocenters. The van der Waals surface area contributed by atoms with E-state index in [1.54, 1.807) is 18.4 Å². The molecular weight excluding hydrogens is 276 g/mol. The average molecular weight is 293 g/mol. The maximum Gasteiger partial charge on any atom is 0.200 e. The molecule has 3 rings (SSSR count). The van der Waals surface area contributed by atoms with E-state index in [1.165, 1.54) is 4.31 Å². The Kier molecular flexibility index (Phi) is 3.41. The number of nitrogens with one attached hydrogen (secondary N) is 1. The molecule has 1 aromatic carbocycles. The van der Waals surface area contributed by atoms with Crippen LogP contribution >= 0.6 is 0 Å². The lowest BCUT2D eigenvalue weighted by atomic mass is 10.1. The topological polar surface area (TPSA) is 61.9 Å². The van der Waals surface area contributed by atoms with E-state index < -0.39 is 11.2 Å². The zero-order valence-electron chi connectivity index (χ0n) is 11.4. The molecule has 1 N–H and O–H groups in total. The molecule has 6 nitrogen and oxygen atoms in total. The van der Waals surface area contributed by atoms with Crippen molar-refractivity contribution < 1.29 is 4.21 Å². The molecule has 0 fully saturated rings. The highest BCUT2D eigenvalue weighted by atomic mass is 32.2. The van der Waals surface area contributed by atoms with Crippen LogP contribution < -0.4 is 5.32 Å². The molecule has 1 aromatic rings. The van der Waals surface area contributed by atoms with Gasteiger partial charge in [-0.2, -0.15) is 0 Å². The molecule has 0 radical (unpaired) electrons. The number of rotatable bonds is 2. The van der Waals surface area contributed by atoms with Gasteiger partial charge in [0.05, 0.1) is 18.4 Å². The lowest BCUT2D eigenvalue weighted by molar-refractivity contribution is 0.301. The molecule has 0 saturated carbocycles. The summed E-state index contributed by atoms with van der Waals surface area (Å²) in [4.78, 5) is 0. The van der Waals surface area contributed by atoms with Crippen LogP contribution in [0.15, 0.2) is 41.8 Å². The number of likely N-dealkylation sites (N-methyl/N-ethyl adjacent to an activating group) is 1. The van der Waals surface area contributed by atoms with Gasteiger partial charge < -0.3 is 15.6 Å². The van der Waals surface area contributed by atoms with Gasteiger partial charge in [0.15, 0.2) is 11.2 Å². The summed E-state index contributed by atoms with van der Waals surface area (Å²) in [5.41, 5.74) is 1.94. The van der Waals surface area contributed by atoms with Crippen LogP contribution in [0.1, 0.15) is 5.56 Å². The second kappa shape index (κ2) is 5.08. The fraction of sp³-hybridized carbons (Fsp3) is 0.385. The third-order valence-electron chi connectivity index (χ3n) is 3.55. The van der Waals surface area contributed by atoms with Gasteiger partial charge in [-0.15, -0.1) is 0 Å². The number of benzene rings is 1. The Morgan fingerprint density at radius 1 is 1.35 bits per heavy atom. The van der Waals surface area contributed by atoms with E-state index in [4.69, 9.17) is 0 Å². The minimum atomic E-state index is -1.30. The van der Waals surface area contributed by atoms with Crippen LogP contribution in [0.4, 0.5) is 0 Å². The fourth-order valence-corrected chi connectivity index (χ4v) is 3.58. The predicted octanol–water partition coefficient (Wildman–Crippen LogP) is 0.583. The van der Waals surface area contributed by atoms with Gasteiger partial charge in [-0.05, 0) is 5.56 Å². The van der Waals surface area contributed by atoms with Crippen LogP contribution in [-0.4, -0.2) is 44.7 Å². The van der Waals surface area contributed by atoms with Crippen LogP contribution in [0.3, 0.4) is 0 Å². The van der Waals surface area contributed by atoms with Crippen molar-refractivity contribution in [2.45, 2.75) is 12.6 Å². The summed E-state index contributed by atoms with van der Waals surface area (Å²) in [6.07, 6.45) is 0.273. The fourth-order valence-electron chi connectivity index (χ4n) is 2.58. The molecule has 0 saturated heterocycles. The van der Waals surface area contributed by atoms with Crippen molar-refractivity contribution in [3.63, 3.8) is 0 Å². The van der Waals surface area contributed by atoms with Crippen LogP contribution in [0.25, 0.3) is 0 Å². The van der Waals surface area contributed by atoms with E-state index in [0.717, 1.165) is 16.3 Å². The monoisotopic (exact) mass is 293 g/mol. The average Bonchev–Trinajstić information content (AvgIpc) is 2.74. The lowest BCUT2D eigenvalue weighted by Gasteiger charge is -2.39. The Balaban J connectivity index is 1.79. The Labute approximate surface area is 121 Å². The number of hydrogen-bond donors (Lipinski definition) is 1. The third-order valence-corrected chi connectivity index (χ3v) is 4.86. The minimum absolute atomic E-state index is 0.339. The standard InChI is InChI=1S/C13H17N4O2S/c1-15-9-11-13(16(2)20(15)19)17(18)12(14-11)8-10-6-4-3-5-7-10/h3-7,12,14H,8-9H2,1-2H3/q-1.